The molecule has 0 saturated heterocycles. The predicted molar refractivity (Wildman–Crippen MR) is 77.5 cm³/mol. The Morgan fingerprint density at radius 1 is 1.33 bits per heavy atom. The second-order valence-electron chi connectivity index (χ2n) is 4.36. The van der Waals surface area contributed by atoms with E-state index in [2.05, 4.69) is 5.10 Å². The van der Waals surface area contributed by atoms with Crippen molar-refractivity contribution in [1.29, 1.82) is 0 Å². The first-order valence-corrected chi connectivity index (χ1v) is 6.35. The molecule has 1 aromatic carbocycles. The zero-order valence-electron chi connectivity index (χ0n) is 11.4. The van der Waals surface area contributed by atoms with Crippen molar-refractivity contribution in [2.45, 2.75) is 13.3 Å². The fourth-order valence-electron chi connectivity index (χ4n) is 1.79. The van der Waals surface area contributed by atoms with Crippen LogP contribution in [0.5, 0.6) is 5.75 Å². The van der Waals surface area contributed by atoms with Gasteiger partial charge in [-0.2, -0.15) is 9.78 Å². The third-order valence-corrected chi connectivity index (χ3v) is 2.91. The number of carbonyl (C=O) groups is 1. The molecule has 108 valence electrons. The molecule has 0 saturated carbocycles. The summed E-state index contributed by atoms with van der Waals surface area (Å²) in [5.41, 5.74) is 1.18. The summed E-state index contributed by atoms with van der Waals surface area (Å²) in [7, 11) is 0. The average molecular weight is 286 g/mol. The molecule has 2 rings (SSSR count). The minimum absolute atomic E-state index is 0.0107. The van der Waals surface area contributed by atoms with Crippen LogP contribution in [0.3, 0.4) is 0 Å². The summed E-state index contributed by atoms with van der Waals surface area (Å²) in [5, 5.41) is 22.2. The zero-order chi connectivity index (χ0) is 15.4. The Bertz CT molecular complexity index is 745. The SMILES string of the molecule is CCc1ccc(-n2nc(/C=C/C(=O)O)c(O)cc2=O)cc1. The number of aryl methyl sites for hydroxylation is 1. The summed E-state index contributed by atoms with van der Waals surface area (Å²) in [6.45, 7) is 2.02. The van der Waals surface area contributed by atoms with Gasteiger partial charge in [-0.1, -0.05) is 19.1 Å². The van der Waals surface area contributed by atoms with Crippen molar-refractivity contribution in [2.24, 2.45) is 0 Å². The summed E-state index contributed by atoms with van der Waals surface area (Å²) >= 11 is 0. The minimum Gasteiger partial charge on any atom is -0.505 e. The quantitative estimate of drug-likeness (QED) is 0.833. The molecule has 0 aliphatic carbocycles. The maximum atomic E-state index is 11.9. The van der Waals surface area contributed by atoms with Crippen molar-refractivity contribution in [3.05, 3.63) is 58.0 Å². The number of hydrogen-bond acceptors (Lipinski definition) is 4. The van der Waals surface area contributed by atoms with Crippen molar-refractivity contribution in [3.8, 4) is 11.4 Å². The van der Waals surface area contributed by atoms with Gasteiger partial charge in [-0.25, -0.2) is 4.79 Å². The highest BCUT2D eigenvalue weighted by Crippen LogP contribution is 2.14. The molecular formula is C15H14N2O4. The van der Waals surface area contributed by atoms with Crippen LogP contribution in [0.2, 0.25) is 0 Å². The number of aromatic nitrogens is 2. The number of rotatable bonds is 4. The van der Waals surface area contributed by atoms with Crippen LogP contribution in [0.1, 0.15) is 18.2 Å². The van der Waals surface area contributed by atoms with E-state index in [0.717, 1.165) is 34.9 Å². The summed E-state index contributed by atoms with van der Waals surface area (Å²) in [4.78, 5) is 22.4. The zero-order valence-corrected chi connectivity index (χ0v) is 11.4. The van der Waals surface area contributed by atoms with Crippen LogP contribution in [-0.4, -0.2) is 26.0 Å². The smallest absolute Gasteiger partial charge is 0.328 e. The predicted octanol–water partition coefficient (Wildman–Crippen LogP) is 1.60. The first-order chi connectivity index (χ1) is 10.0. The van der Waals surface area contributed by atoms with Gasteiger partial charge in [0.15, 0.2) is 0 Å². The highest BCUT2D eigenvalue weighted by atomic mass is 16.4. The topological polar surface area (TPSA) is 92.4 Å². The maximum absolute atomic E-state index is 11.9. The van der Waals surface area contributed by atoms with E-state index in [0.29, 0.717) is 5.69 Å². The average Bonchev–Trinajstić information content (AvgIpc) is 2.46. The second kappa shape index (κ2) is 6.04. The van der Waals surface area contributed by atoms with E-state index in [1.807, 2.05) is 19.1 Å². The lowest BCUT2D eigenvalue weighted by Gasteiger charge is -2.07. The van der Waals surface area contributed by atoms with Crippen molar-refractivity contribution in [1.82, 2.24) is 9.78 Å². The second-order valence-corrected chi connectivity index (χ2v) is 4.36. The number of aromatic hydroxyl groups is 1. The molecule has 6 nitrogen and oxygen atoms in total. The van der Waals surface area contributed by atoms with Crippen LogP contribution in [0, 0.1) is 0 Å². The summed E-state index contributed by atoms with van der Waals surface area (Å²) in [5.74, 6) is -1.53. The third-order valence-electron chi connectivity index (χ3n) is 2.91. The van der Waals surface area contributed by atoms with Crippen LogP contribution in [0.15, 0.2) is 41.2 Å². The van der Waals surface area contributed by atoms with Crippen LogP contribution in [-0.2, 0) is 11.2 Å². The molecule has 1 aromatic heterocycles. The lowest BCUT2D eigenvalue weighted by Crippen LogP contribution is -2.20. The van der Waals surface area contributed by atoms with Crippen molar-refractivity contribution < 1.29 is 15.0 Å². The number of nitrogens with zero attached hydrogens (tertiary/aromatic N) is 2. The lowest BCUT2D eigenvalue weighted by molar-refractivity contribution is -0.131. The first-order valence-electron chi connectivity index (χ1n) is 6.35. The molecule has 2 N–H and O–H groups in total. The number of carboxylic acids is 1. The number of aliphatic carboxylic acids is 1. The molecular weight excluding hydrogens is 272 g/mol. The lowest BCUT2D eigenvalue weighted by atomic mass is 10.1. The van der Waals surface area contributed by atoms with Gasteiger partial charge in [0.25, 0.3) is 5.56 Å². The molecule has 0 amide bonds. The van der Waals surface area contributed by atoms with E-state index < -0.39 is 11.5 Å². The Morgan fingerprint density at radius 2 is 2.00 bits per heavy atom. The van der Waals surface area contributed by atoms with Gasteiger partial charge in [-0.05, 0) is 30.2 Å². The molecule has 0 aliphatic rings. The number of hydrogen-bond donors (Lipinski definition) is 2. The Balaban J connectivity index is 2.50. The van der Waals surface area contributed by atoms with E-state index in [1.54, 1.807) is 12.1 Å². The monoisotopic (exact) mass is 286 g/mol. The third kappa shape index (κ3) is 3.36. The Kier molecular flexibility index (Phi) is 4.18. The molecule has 2 aromatic rings. The highest BCUT2D eigenvalue weighted by molar-refractivity contribution is 5.85. The number of carboxylic acid groups (broad SMARTS) is 1. The molecule has 0 atom stereocenters. The standard InChI is InChI=1S/C15H14N2O4/c1-2-10-3-5-11(6-4-10)17-14(19)9-13(18)12(16-17)7-8-15(20)21/h3-9,18H,2H2,1H3,(H,20,21)/b8-7+. The van der Waals surface area contributed by atoms with Crippen molar-refractivity contribution in [3.63, 3.8) is 0 Å². The van der Waals surface area contributed by atoms with Gasteiger partial charge in [0, 0.05) is 12.1 Å². The van der Waals surface area contributed by atoms with Crippen molar-refractivity contribution >= 4 is 12.0 Å². The molecule has 0 fully saturated rings. The van der Waals surface area contributed by atoms with Gasteiger partial charge in [-0.15, -0.1) is 0 Å². The Hall–Kier alpha value is -2.89. The van der Waals surface area contributed by atoms with Gasteiger partial charge >= 0.3 is 5.97 Å². The van der Waals surface area contributed by atoms with E-state index in [4.69, 9.17) is 5.11 Å². The Labute approximate surface area is 120 Å². The first kappa shape index (κ1) is 14.5. The molecule has 6 heteroatoms. The molecule has 1 heterocycles. The fourth-order valence-corrected chi connectivity index (χ4v) is 1.79. The maximum Gasteiger partial charge on any atom is 0.328 e. The van der Waals surface area contributed by atoms with Crippen LogP contribution in [0.25, 0.3) is 11.8 Å². The fraction of sp³-hybridized carbons (Fsp3) is 0.133. The minimum atomic E-state index is -1.17. The summed E-state index contributed by atoms with van der Waals surface area (Å²) in [6.07, 6.45) is 2.86. The van der Waals surface area contributed by atoms with Crippen molar-refractivity contribution in [2.75, 3.05) is 0 Å². The molecule has 21 heavy (non-hydrogen) atoms. The van der Waals surface area contributed by atoms with Crippen LogP contribution in [0.4, 0.5) is 0 Å². The summed E-state index contributed by atoms with van der Waals surface area (Å²) < 4.78 is 1.11. The normalized spacial score (nSPS) is 10.9. The molecule has 0 unspecified atom stereocenters. The largest absolute Gasteiger partial charge is 0.505 e. The molecule has 0 spiro atoms. The van der Waals surface area contributed by atoms with Gasteiger partial charge in [0.2, 0.25) is 0 Å². The molecule has 0 bridgehead atoms. The molecule has 0 aliphatic heterocycles. The van der Waals surface area contributed by atoms with Crippen LogP contribution >= 0.6 is 0 Å². The molecule has 0 radical (unpaired) electrons. The van der Waals surface area contributed by atoms with E-state index in [-0.39, 0.29) is 11.4 Å². The van der Waals surface area contributed by atoms with Gasteiger partial charge < -0.3 is 10.2 Å². The highest BCUT2D eigenvalue weighted by Gasteiger charge is 2.07. The Morgan fingerprint density at radius 3 is 2.57 bits per heavy atom. The van der Waals surface area contributed by atoms with E-state index >= 15 is 0 Å². The van der Waals surface area contributed by atoms with E-state index in [9.17, 15) is 14.7 Å². The van der Waals surface area contributed by atoms with Gasteiger partial charge in [-0.3, -0.25) is 4.79 Å². The van der Waals surface area contributed by atoms with Gasteiger partial charge in [0.05, 0.1) is 5.69 Å². The number of benzene rings is 1. The van der Waals surface area contributed by atoms with E-state index in [1.165, 1.54) is 0 Å². The van der Waals surface area contributed by atoms with Gasteiger partial charge in [0.1, 0.15) is 11.4 Å². The van der Waals surface area contributed by atoms with Crippen LogP contribution < -0.4 is 5.56 Å². The summed E-state index contributed by atoms with van der Waals surface area (Å²) in [6, 6.07) is 8.25.